The minimum Gasteiger partial charge on any atom is -0.267 e. The van der Waals surface area contributed by atoms with Crippen molar-refractivity contribution in [3.05, 3.63) is 95.5 Å². The van der Waals surface area contributed by atoms with Gasteiger partial charge in [-0.2, -0.15) is 0 Å². The van der Waals surface area contributed by atoms with Crippen LogP contribution in [0.4, 0.5) is 11.4 Å². The van der Waals surface area contributed by atoms with Crippen molar-refractivity contribution in [3.8, 4) is 0 Å². The van der Waals surface area contributed by atoms with Crippen molar-refractivity contribution in [1.82, 2.24) is 5.43 Å². The summed E-state index contributed by atoms with van der Waals surface area (Å²) in [5.41, 5.74) is 5.18. The number of halogens is 1. The summed E-state index contributed by atoms with van der Waals surface area (Å²) in [4.78, 5) is 12.5. The lowest BCUT2D eigenvalue weighted by Crippen LogP contribution is -2.38. The van der Waals surface area contributed by atoms with Crippen molar-refractivity contribution in [2.24, 2.45) is 0 Å². The summed E-state index contributed by atoms with van der Waals surface area (Å²) in [5.74, 6) is -0.222. The zero-order valence-electron chi connectivity index (χ0n) is 12.3. The first-order valence-electron chi connectivity index (χ1n) is 7.21. The molecule has 0 aliphatic heterocycles. The zero-order chi connectivity index (χ0) is 16.1. The molecule has 0 unspecified atom stereocenters. The molecule has 0 fully saturated rings. The van der Waals surface area contributed by atoms with Crippen LogP contribution in [-0.4, -0.2) is 5.91 Å². The first-order valence-corrected chi connectivity index (χ1v) is 7.58. The third-order valence-electron chi connectivity index (χ3n) is 3.33. The van der Waals surface area contributed by atoms with E-state index in [1.54, 1.807) is 29.3 Å². The third-order valence-corrected chi connectivity index (χ3v) is 3.56. The molecular weight excluding hydrogens is 308 g/mol. The number of hydrogen-bond donors (Lipinski definition) is 1. The third kappa shape index (κ3) is 3.71. The molecule has 23 heavy (non-hydrogen) atoms. The van der Waals surface area contributed by atoms with E-state index in [0.717, 1.165) is 11.4 Å². The maximum absolute atomic E-state index is 12.5. The quantitative estimate of drug-likeness (QED) is 0.698. The molecule has 0 bridgehead atoms. The molecule has 0 aliphatic carbocycles. The summed E-state index contributed by atoms with van der Waals surface area (Å²) in [6.07, 6.45) is 0. The Morgan fingerprint density at radius 3 is 1.87 bits per heavy atom. The molecule has 114 valence electrons. The molecule has 3 aromatic rings. The lowest BCUT2D eigenvalue weighted by Gasteiger charge is -2.25. The van der Waals surface area contributed by atoms with Crippen LogP contribution in [-0.2, 0) is 0 Å². The van der Waals surface area contributed by atoms with Gasteiger partial charge in [-0.25, -0.2) is 0 Å². The van der Waals surface area contributed by atoms with E-state index >= 15 is 0 Å². The van der Waals surface area contributed by atoms with Gasteiger partial charge in [-0.15, -0.1) is 0 Å². The highest BCUT2D eigenvalue weighted by molar-refractivity contribution is 6.31. The van der Waals surface area contributed by atoms with Gasteiger partial charge in [0, 0.05) is 10.6 Å². The van der Waals surface area contributed by atoms with Crippen LogP contribution >= 0.6 is 11.6 Å². The van der Waals surface area contributed by atoms with E-state index < -0.39 is 0 Å². The highest BCUT2D eigenvalue weighted by Crippen LogP contribution is 2.23. The number of carbonyl (C=O) groups excluding carboxylic acids is 1. The number of hydrogen-bond acceptors (Lipinski definition) is 2. The Bertz CT molecular complexity index is 751. The molecule has 0 saturated carbocycles. The van der Waals surface area contributed by atoms with Crippen LogP contribution < -0.4 is 10.4 Å². The molecular formula is C19H15ClN2O. The lowest BCUT2D eigenvalue weighted by atomic mass is 10.2. The monoisotopic (exact) mass is 322 g/mol. The summed E-state index contributed by atoms with van der Waals surface area (Å²) in [5, 5.41) is 2.28. The first-order chi connectivity index (χ1) is 11.2. The van der Waals surface area contributed by atoms with Gasteiger partial charge in [-0.1, -0.05) is 54.1 Å². The number of amides is 1. The van der Waals surface area contributed by atoms with E-state index in [4.69, 9.17) is 11.6 Å². The number of para-hydroxylation sites is 2. The van der Waals surface area contributed by atoms with Gasteiger partial charge in [-0.3, -0.25) is 15.2 Å². The summed E-state index contributed by atoms with van der Waals surface area (Å²) < 4.78 is 0. The van der Waals surface area contributed by atoms with Gasteiger partial charge in [-0.05, 0) is 42.5 Å². The maximum atomic E-state index is 12.5. The molecule has 0 saturated heterocycles. The first kappa shape index (κ1) is 15.1. The minimum absolute atomic E-state index is 0.222. The Morgan fingerprint density at radius 1 is 0.783 bits per heavy atom. The average molecular weight is 323 g/mol. The fourth-order valence-electron chi connectivity index (χ4n) is 2.23. The van der Waals surface area contributed by atoms with Crippen LogP contribution in [0.5, 0.6) is 0 Å². The molecule has 0 aliphatic rings. The summed E-state index contributed by atoms with van der Waals surface area (Å²) in [6.45, 7) is 0. The minimum atomic E-state index is -0.222. The molecule has 0 aromatic heterocycles. The zero-order valence-corrected chi connectivity index (χ0v) is 13.1. The molecule has 3 rings (SSSR count). The number of hydrazine groups is 1. The van der Waals surface area contributed by atoms with E-state index in [0.29, 0.717) is 10.6 Å². The van der Waals surface area contributed by atoms with Gasteiger partial charge in [0.05, 0.1) is 11.4 Å². The lowest BCUT2D eigenvalue weighted by molar-refractivity contribution is 0.0953. The van der Waals surface area contributed by atoms with E-state index in [1.807, 2.05) is 60.7 Å². The van der Waals surface area contributed by atoms with Crippen molar-refractivity contribution >= 4 is 28.9 Å². The van der Waals surface area contributed by atoms with Crippen molar-refractivity contribution in [2.75, 3.05) is 5.01 Å². The normalized spacial score (nSPS) is 10.1. The second-order valence-corrected chi connectivity index (χ2v) is 5.39. The number of carbonyl (C=O) groups is 1. The maximum Gasteiger partial charge on any atom is 0.270 e. The van der Waals surface area contributed by atoms with E-state index in [1.165, 1.54) is 0 Å². The predicted molar refractivity (Wildman–Crippen MR) is 93.9 cm³/mol. The van der Waals surface area contributed by atoms with Gasteiger partial charge < -0.3 is 0 Å². The Balaban J connectivity index is 1.92. The Labute approximate surface area is 140 Å². The standard InChI is InChI=1S/C19H15ClN2O/c20-16-9-7-8-15(14-16)19(23)21-22(17-10-3-1-4-11-17)18-12-5-2-6-13-18/h1-14H,(H,21,23). The number of anilines is 2. The molecule has 1 amide bonds. The van der Waals surface area contributed by atoms with Gasteiger partial charge in [0.1, 0.15) is 0 Å². The Morgan fingerprint density at radius 2 is 1.35 bits per heavy atom. The van der Waals surface area contributed by atoms with Crippen LogP contribution in [0.3, 0.4) is 0 Å². The number of nitrogens with one attached hydrogen (secondary N) is 1. The average Bonchev–Trinajstić information content (AvgIpc) is 2.61. The van der Waals surface area contributed by atoms with Crippen LogP contribution in [0.15, 0.2) is 84.9 Å². The fraction of sp³-hybridized carbons (Fsp3) is 0. The van der Waals surface area contributed by atoms with Crippen molar-refractivity contribution < 1.29 is 4.79 Å². The van der Waals surface area contributed by atoms with E-state index in [9.17, 15) is 4.79 Å². The highest BCUT2D eigenvalue weighted by Gasteiger charge is 2.14. The molecule has 3 aromatic carbocycles. The van der Waals surface area contributed by atoms with Crippen molar-refractivity contribution in [3.63, 3.8) is 0 Å². The van der Waals surface area contributed by atoms with Crippen molar-refractivity contribution in [1.29, 1.82) is 0 Å². The smallest absolute Gasteiger partial charge is 0.267 e. The van der Waals surface area contributed by atoms with Crippen LogP contribution in [0.1, 0.15) is 10.4 Å². The molecule has 0 radical (unpaired) electrons. The number of benzene rings is 3. The molecule has 0 heterocycles. The van der Waals surface area contributed by atoms with Gasteiger partial charge in [0.25, 0.3) is 5.91 Å². The van der Waals surface area contributed by atoms with Crippen LogP contribution in [0.2, 0.25) is 5.02 Å². The van der Waals surface area contributed by atoms with E-state index in [-0.39, 0.29) is 5.91 Å². The number of nitrogens with zero attached hydrogens (tertiary/aromatic N) is 1. The van der Waals surface area contributed by atoms with E-state index in [2.05, 4.69) is 5.43 Å². The molecule has 1 N–H and O–H groups in total. The van der Waals surface area contributed by atoms with Gasteiger partial charge in [0.15, 0.2) is 0 Å². The molecule has 3 nitrogen and oxygen atoms in total. The molecule has 0 atom stereocenters. The topological polar surface area (TPSA) is 32.3 Å². The summed E-state index contributed by atoms with van der Waals surface area (Å²) >= 11 is 5.97. The van der Waals surface area contributed by atoms with Gasteiger partial charge >= 0.3 is 0 Å². The van der Waals surface area contributed by atoms with Gasteiger partial charge in [0.2, 0.25) is 0 Å². The summed E-state index contributed by atoms with van der Waals surface area (Å²) in [6, 6.07) is 26.2. The fourth-order valence-corrected chi connectivity index (χ4v) is 2.42. The largest absolute Gasteiger partial charge is 0.270 e. The summed E-state index contributed by atoms with van der Waals surface area (Å²) in [7, 11) is 0. The molecule has 4 heteroatoms. The highest BCUT2D eigenvalue weighted by atomic mass is 35.5. The Hall–Kier alpha value is -2.78. The SMILES string of the molecule is O=C(NN(c1ccccc1)c1ccccc1)c1cccc(Cl)c1. The molecule has 0 spiro atoms. The Kier molecular flexibility index (Phi) is 4.60. The number of rotatable bonds is 4. The van der Waals surface area contributed by atoms with Crippen molar-refractivity contribution in [2.45, 2.75) is 0 Å². The predicted octanol–water partition coefficient (Wildman–Crippen LogP) is 4.82. The second-order valence-electron chi connectivity index (χ2n) is 4.96. The second kappa shape index (κ2) is 6.99. The van der Waals surface area contributed by atoms with Crippen LogP contribution in [0, 0.1) is 0 Å². The van der Waals surface area contributed by atoms with Crippen LogP contribution in [0.25, 0.3) is 0 Å².